The molecule has 2 aromatic heterocycles. The van der Waals surface area contributed by atoms with Crippen molar-refractivity contribution in [3.8, 4) is 11.3 Å². The van der Waals surface area contributed by atoms with Gasteiger partial charge in [0.15, 0.2) is 5.65 Å². The average Bonchev–Trinajstić information content (AvgIpc) is 3.26. The molecule has 1 N–H and O–H groups in total. The van der Waals surface area contributed by atoms with Gasteiger partial charge in [0, 0.05) is 36.8 Å². The number of halogens is 1. The van der Waals surface area contributed by atoms with Crippen molar-refractivity contribution in [2.45, 2.75) is 52.7 Å². The molecule has 0 unspecified atom stereocenters. The van der Waals surface area contributed by atoms with Crippen LogP contribution in [0.3, 0.4) is 0 Å². The highest BCUT2D eigenvalue weighted by molar-refractivity contribution is 5.93. The summed E-state index contributed by atoms with van der Waals surface area (Å²) in [7, 11) is 0. The van der Waals surface area contributed by atoms with E-state index >= 15 is 0 Å². The molecule has 186 valence electrons. The molecule has 1 aliphatic heterocycles. The number of benzene rings is 1. The van der Waals surface area contributed by atoms with Gasteiger partial charge in [-0.05, 0) is 49.1 Å². The Bertz CT molecular complexity index is 1240. The van der Waals surface area contributed by atoms with E-state index in [-0.39, 0.29) is 41.2 Å². The fourth-order valence-electron chi connectivity index (χ4n) is 4.38. The van der Waals surface area contributed by atoms with E-state index in [2.05, 4.69) is 10.1 Å². The van der Waals surface area contributed by atoms with Crippen molar-refractivity contribution in [1.82, 2.24) is 24.4 Å². The molecule has 4 rings (SSSR count). The molecule has 0 aliphatic carbocycles. The zero-order chi connectivity index (χ0) is 25.4. The van der Waals surface area contributed by atoms with Gasteiger partial charge in [-0.1, -0.05) is 27.7 Å². The Kier molecular flexibility index (Phi) is 6.89. The van der Waals surface area contributed by atoms with Crippen molar-refractivity contribution in [2.24, 2.45) is 5.92 Å². The van der Waals surface area contributed by atoms with Gasteiger partial charge in [-0.2, -0.15) is 5.10 Å². The normalized spacial score (nSPS) is 17.5. The predicted octanol–water partition coefficient (Wildman–Crippen LogP) is 3.35. The van der Waals surface area contributed by atoms with Crippen molar-refractivity contribution in [1.29, 1.82) is 0 Å². The number of amides is 2. The van der Waals surface area contributed by atoms with Crippen LogP contribution in [0.2, 0.25) is 0 Å². The lowest BCUT2D eigenvalue weighted by atomic mass is 10.0. The molecule has 0 radical (unpaired) electrons. The Balaban J connectivity index is 1.59. The van der Waals surface area contributed by atoms with E-state index in [1.165, 1.54) is 12.1 Å². The van der Waals surface area contributed by atoms with E-state index in [0.29, 0.717) is 31.0 Å². The first kappa shape index (κ1) is 24.8. The quantitative estimate of drug-likeness (QED) is 0.604. The standard InChI is InChI=1S/C26H32FN5O3/c1-15(2)20-12-21(18-6-8-19(27)9-7-18)29-32-14-22(28-24(20)32)25(34)30-10-11-31(17(5)13-30)26(35)23(33)16(3)4/h6-9,12,14-17,23,33H,10-11,13H2,1-5H3/t17-,23-/m0/s1. The van der Waals surface area contributed by atoms with Crippen molar-refractivity contribution in [3.05, 3.63) is 53.6 Å². The molecule has 35 heavy (non-hydrogen) atoms. The van der Waals surface area contributed by atoms with Crippen LogP contribution in [0, 0.1) is 11.7 Å². The number of aliphatic hydroxyl groups excluding tert-OH is 1. The minimum absolute atomic E-state index is 0.131. The molecular weight excluding hydrogens is 449 g/mol. The van der Waals surface area contributed by atoms with Gasteiger partial charge in [0.2, 0.25) is 0 Å². The molecule has 0 saturated carbocycles. The van der Waals surface area contributed by atoms with Crippen LogP contribution in [0.15, 0.2) is 36.5 Å². The van der Waals surface area contributed by atoms with Gasteiger partial charge in [-0.3, -0.25) is 9.59 Å². The summed E-state index contributed by atoms with van der Waals surface area (Å²) in [6.45, 7) is 10.6. The molecule has 1 fully saturated rings. The number of aromatic nitrogens is 3. The minimum Gasteiger partial charge on any atom is -0.383 e. The summed E-state index contributed by atoms with van der Waals surface area (Å²) in [6.07, 6.45) is 0.579. The predicted molar refractivity (Wildman–Crippen MR) is 130 cm³/mol. The molecule has 2 atom stereocenters. The highest BCUT2D eigenvalue weighted by Gasteiger charge is 2.34. The van der Waals surface area contributed by atoms with Crippen molar-refractivity contribution in [2.75, 3.05) is 19.6 Å². The van der Waals surface area contributed by atoms with Gasteiger partial charge in [0.25, 0.3) is 11.8 Å². The SMILES string of the molecule is CC(C)c1cc(-c2ccc(F)cc2)nn2cc(C(=O)N3CCN(C(=O)[C@@H](O)C(C)C)[C@@H](C)C3)nc12. The zero-order valence-electron chi connectivity index (χ0n) is 20.8. The first-order valence-electron chi connectivity index (χ1n) is 12.0. The van der Waals surface area contributed by atoms with Crippen LogP contribution in [-0.4, -0.2) is 73.1 Å². The topological polar surface area (TPSA) is 91.0 Å². The van der Waals surface area contributed by atoms with Gasteiger partial charge in [0.1, 0.15) is 17.6 Å². The number of nitrogens with zero attached hydrogens (tertiary/aromatic N) is 5. The summed E-state index contributed by atoms with van der Waals surface area (Å²) >= 11 is 0. The van der Waals surface area contributed by atoms with Crippen molar-refractivity contribution >= 4 is 17.5 Å². The fraction of sp³-hybridized carbons (Fsp3) is 0.462. The summed E-state index contributed by atoms with van der Waals surface area (Å²) in [4.78, 5) is 33.9. The third-order valence-electron chi connectivity index (χ3n) is 6.52. The van der Waals surface area contributed by atoms with Gasteiger partial charge < -0.3 is 14.9 Å². The summed E-state index contributed by atoms with van der Waals surface area (Å²) in [6, 6.07) is 7.85. The average molecular weight is 482 g/mol. The number of carbonyl (C=O) groups excluding carboxylic acids is 2. The third-order valence-corrected chi connectivity index (χ3v) is 6.52. The number of aliphatic hydroxyl groups is 1. The molecule has 3 heterocycles. The van der Waals surface area contributed by atoms with E-state index < -0.39 is 6.10 Å². The van der Waals surface area contributed by atoms with Gasteiger partial charge in [0.05, 0.1) is 11.9 Å². The molecule has 1 saturated heterocycles. The maximum absolute atomic E-state index is 13.4. The highest BCUT2D eigenvalue weighted by atomic mass is 19.1. The molecule has 0 spiro atoms. The first-order chi connectivity index (χ1) is 16.6. The lowest BCUT2D eigenvalue weighted by molar-refractivity contribution is -0.146. The van der Waals surface area contributed by atoms with Crippen LogP contribution in [0.5, 0.6) is 0 Å². The summed E-state index contributed by atoms with van der Waals surface area (Å²) < 4.78 is 15.0. The van der Waals surface area contributed by atoms with Gasteiger partial charge in [-0.25, -0.2) is 13.9 Å². The molecule has 3 aromatic rings. The monoisotopic (exact) mass is 481 g/mol. The van der Waals surface area contributed by atoms with Gasteiger partial charge in [-0.15, -0.1) is 0 Å². The number of fused-ring (bicyclic) bond motifs is 1. The third kappa shape index (κ3) is 4.91. The Morgan fingerprint density at radius 3 is 2.40 bits per heavy atom. The number of rotatable bonds is 5. The van der Waals surface area contributed by atoms with Crippen LogP contribution in [0.1, 0.15) is 56.6 Å². The first-order valence-corrected chi connectivity index (χ1v) is 12.0. The second kappa shape index (κ2) is 9.73. The molecule has 0 bridgehead atoms. The zero-order valence-corrected chi connectivity index (χ0v) is 20.8. The smallest absolute Gasteiger partial charge is 0.274 e. The van der Waals surface area contributed by atoms with Gasteiger partial charge >= 0.3 is 0 Å². The second-order valence-electron chi connectivity index (χ2n) is 9.86. The molecule has 2 amide bonds. The van der Waals surface area contributed by atoms with E-state index in [4.69, 9.17) is 0 Å². The van der Waals surface area contributed by atoms with E-state index in [9.17, 15) is 19.1 Å². The Morgan fingerprint density at radius 1 is 1.11 bits per heavy atom. The van der Waals surface area contributed by atoms with Crippen LogP contribution >= 0.6 is 0 Å². The van der Waals surface area contributed by atoms with Crippen molar-refractivity contribution < 1.29 is 19.1 Å². The van der Waals surface area contributed by atoms with Crippen LogP contribution in [0.25, 0.3) is 16.9 Å². The summed E-state index contributed by atoms with van der Waals surface area (Å²) in [5.74, 6) is -0.880. The largest absolute Gasteiger partial charge is 0.383 e. The van der Waals surface area contributed by atoms with Crippen LogP contribution in [-0.2, 0) is 4.79 Å². The maximum Gasteiger partial charge on any atom is 0.274 e. The molecule has 1 aliphatic rings. The lowest BCUT2D eigenvalue weighted by Gasteiger charge is -2.40. The number of carbonyl (C=O) groups is 2. The van der Waals surface area contributed by atoms with E-state index in [1.54, 1.807) is 46.5 Å². The molecule has 9 heteroatoms. The second-order valence-corrected chi connectivity index (χ2v) is 9.86. The molecular formula is C26H32FN5O3. The Labute approximate surface area is 204 Å². The van der Waals surface area contributed by atoms with Crippen LogP contribution < -0.4 is 0 Å². The highest BCUT2D eigenvalue weighted by Crippen LogP contribution is 2.26. The Morgan fingerprint density at radius 2 is 1.80 bits per heavy atom. The van der Waals surface area contributed by atoms with Crippen LogP contribution in [0.4, 0.5) is 4.39 Å². The number of piperazine rings is 1. The lowest BCUT2D eigenvalue weighted by Crippen LogP contribution is -2.58. The minimum atomic E-state index is -1.05. The fourth-order valence-corrected chi connectivity index (χ4v) is 4.38. The number of hydrogen-bond acceptors (Lipinski definition) is 5. The van der Waals surface area contributed by atoms with E-state index in [1.807, 2.05) is 26.8 Å². The molecule has 1 aromatic carbocycles. The molecule has 8 nitrogen and oxygen atoms in total. The Hall–Kier alpha value is -3.33. The summed E-state index contributed by atoms with van der Waals surface area (Å²) in [5.41, 5.74) is 3.27. The number of hydrogen-bond donors (Lipinski definition) is 1. The maximum atomic E-state index is 13.4. The summed E-state index contributed by atoms with van der Waals surface area (Å²) in [5, 5.41) is 14.8. The van der Waals surface area contributed by atoms with Crippen molar-refractivity contribution in [3.63, 3.8) is 0 Å². The van der Waals surface area contributed by atoms with E-state index in [0.717, 1.165) is 11.1 Å². The number of imidazole rings is 1.